The Kier molecular flexibility index (Phi) is 4.75. The van der Waals surface area contributed by atoms with Gasteiger partial charge in [0.1, 0.15) is 12.1 Å². The van der Waals surface area contributed by atoms with Gasteiger partial charge in [0.15, 0.2) is 0 Å². The molecule has 2 aromatic carbocycles. The molecule has 4 rings (SSSR count). The lowest BCUT2D eigenvalue weighted by molar-refractivity contribution is 0.102. The van der Waals surface area contributed by atoms with Gasteiger partial charge in [0, 0.05) is 29.7 Å². The maximum absolute atomic E-state index is 12.7. The summed E-state index contributed by atoms with van der Waals surface area (Å²) in [5, 5.41) is 4.01. The van der Waals surface area contributed by atoms with Crippen LogP contribution in [0.25, 0.3) is 10.9 Å². The quantitative estimate of drug-likeness (QED) is 0.748. The minimum absolute atomic E-state index is 0.0942. The summed E-state index contributed by atoms with van der Waals surface area (Å²) in [6.07, 6.45) is 5.28. The first-order valence-corrected chi connectivity index (χ1v) is 9.50. The van der Waals surface area contributed by atoms with E-state index in [1.807, 2.05) is 50.2 Å². The van der Waals surface area contributed by atoms with Crippen molar-refractivity contribution in [3.8, 4) is 0 Å². The molecule has 5 nitrogen and oxygen atoms in total. The van der Waals surface area contributed by atoms with Crippen LogP contribution in [0.1, 0.15) is 40.7 Å². The molecule has 1 aliphatic heterocycles. The van der Waals surface area contributed by atoms with Crippen molar-refractivity contribution in [1.29, 1.82) is 0 Å². The van der Waals surface area contributed by atoms with Crippen LogP contribution in [0.2, 0.25) is 0 Å². The minimum atomic E-state index is -0.0942. The van der Waals surface area contributed by atoms with Crippen LogP contribution >= 0.6 is 0 Å². The standard InChI is InChI=1S/C22H24N4O/c1-15-6-8-18(16(2)12-15)22(27)25-17-7-9-20-19(13-17)21(24-14-23-20)26-10-4-3-5-11-26/h6-9,12-14H,3-5,10-11H2,1-2H3,(H,25,27). The van der Waals surface area contributed by atoms with Gasteiger partial charge in [0.05, 0.1) is 5.52 Å². The summed E-state index contributed by atoms with van der Waals surface area (Å²) in [7, 11) is 0. The number of anilines is 2. The Hall–Kier alpha value is -2.95. The first-order chi connectivity index (χ1) is 13.1. The molecule has 1 N–H and O–H groups in total. The summed E-state index contributed by atoms with van der Waals surface area (Å²) >= 11 is 0. The molecule has 3 aromatic rings. The maximum Gasteiger partial charge on any atom is 0.255 e. The Balaban J connectivity index is 1.65. The van der Waals surface area contributed by atoms with Gasteiger partial charge in [-0.15, -0.1) is 0 Å². The molecule has 1 fully saturated rings. The van der Waals surface area contributed by atoms with Gasteiger partial charge in [-0.1, -0.05) is 17.7 Å². The molecule has 2 heterocycles. The molecule has 0 atom stereocenters. The van der Waals surface area contributed by atoms with Crippen molar-refractivity contribution in [3.63, 3.8) is 0 Å². The van der Waals surface area contributed by atoms with E-state index in [0.29, 0.717) is 5.56 Å². The predicted octanol–water partition coefficient (Wildman–Crippen LogP) is 4.49. The van der Waals surface area contributed by atoms with E-state index in [1.165, 1.54) is 19.3 Å². The highest BCUT2D eigenvalue weighted by Gasteiger charge is 2.16. The summed E-state index contributed by atoms with van der Waals surface area (Å²) in [6, 6.07) is 11.7. The number of amides is 1. The number of piperidine rings is 1. The first kappa shape index (κ1) is 17.5. The van der Waals surface area contributed by atoms with E-state index in [1.54, 1.807) is 6.33 Å². The Morgan fingerprint density at radius 2 is 1.81 bits per heavy atom. The van der Waals surface area contributed by atoms with E-state index in [-0.39, 0.29) is 5.91 Å². The van der Waals surface area contributed by atoms with Gasteiger partial charge in [0.25, 0.3) is 5.91 Å². The van der Waals surface area contributed by atoms with Gasteiger partial charge in [-0.3, -0.25) is 4.79 Å². The molecule has 0 bridgehead atoms. The van der Waals surface area contributed by atoms with E-state index in [0.717, 1.165) is 46.6 Å². The molecule has 5 heteroatoms. The number of rotatable bonds is 3. The van der Waals surface area contributed by atoms with E-state index < -0.39 is 0 Å². The van der Waals surface area contributed by atoms with Crippen LogP contribution in [-0.4, -0.2) is 29.0 Å². The number of nitrogens with one attached hydrogen (secondary N) is 1. The lowest BCUT2D eigenvalue weighted by Crippen LogP contribution is -2.30. The fourth-order valence-electron chi connectivity index (χ4n) is 3.75. The van der Waals surface area contributed by atoms with E-state index in [9.17, 15) is 4.79 Å². The van der Waals surface area contributed by atoms with Crippen LogP contribution in [0.15, 0.2) is 42.7 Å². The van der Waals surface area contributed by atoms with Crippen LogP contribution in [-0.2, 0) is 0 Å². The number of fused-ring (bicyclic) bond motifs is 1. The topological polar surface area (TPSA) is 58.1 Å². The molecule has 1 saturated heterocycles. The van der Waals surface area contributed by atoms with Crippen LogP contribution < -0.4 is 10.2 Å². The molecule has 0 unspecified atom stereocenters. The van der Waals surface area contributed by atoms with E-state index >= 15 is 0 Å². The minimum Gasteiger partial charge on any atom is -0.356 e. The molecular formula is C22H24N4O. The maximum atomic E-state index is 12.7. The summed E-state index contributed by atoms with van der Waals surface area (Å²) in [5.41, 5.74) is 4.49. The molecular weight excluding hydrogens is 336 g/mol. The van der Waals surface area contributed by atoms with Gasteiger partial charge in [-0.25, -0.2) is 9.97 Å². The molecule has 1 amide bonds. The number of carbonyl (C=O) groups excluding carboxylic acids is 1. The number of carbonyl (C=O) groups is 1. The smallest absolute Gasteiger partial charge is 0.255 e. The highest BCUT2D eigenvalue weighted by atomic mass is 16.1. The van der Waals surface area contributed by atoms with Gasteiger partial charge < -0.3 is 10.2 Å². The average molecular weight is 360 g/mol. The Morgan fingerprint density at radius 3 is 2.59 bits per heavy atom. The third kappa shape index (κ3) is 3.63. The first-order valence-electron chi connectivity index (χ1n) is 9.50. The molecule has 138 valence electrons. The van der Waals surface area contributed by atoms with Crippen molar-refractivity contribution in [2.75, 3.05) is 23.3 Å². The summed E-state index contributed by atoms with van der Waals surface area (Å²) in [5.74, 6) is 0.866. The lowest BCUT2D eigenvalue weighted by atomic mass is 10.0. The largest absolute Gasteiger partial charge is 0.356 e. The van der Waals surface area contributed by atoms with Crippen molar-refractivity contribution in [2.45, 2.75) is 33.1 Å². The number of aromatic nitrogens is 2. The van der Waals surface area contributed by atoms with Crippen LogP contribution in [0.3, 0.4) is 0 Å². The zero-order valence-electron chi connectivity index (χ0n) is 15.8. The number of nitrogens with zero attached hydrogens (tertiary/aromatic N) is 3. The third-order valence-corrected chi connectivity index (χ3v) is 5.15. The average Bonchev–Trinajstić information content (AvgIpc) is 2.68. The second-order valence-electron chi connectivity index (χ2n) is 7.25. The van der Waals surface area contributed by atoms with Crippen molar-refractivity contribution < 1.29 is 4.79 Å². The van der Waals surface area contributed by atoms with Crippen molar-refractivity contribution >= 4 is 28.3 Å². The van der Waals surface area contributed by atoms with Crippen LogP contribution in [0.4, 0.5) is 11.5 Å². The van der Waals surface area contributed by atoms with E-state index in [2.05, 4.69) is 20.2 Å². The second kappa shape index (κ2) is 7.35. The van der Waals surface area contributed by atoms with Gasteiger partial charge in [-0.2, -0.15) is 0 Å². The number of hydrogen-bond donors (Lipinski definition) is 1. The van der Waals surface area contributed by atoms with Crippen LogP contribution in [0, 0.1) is 13.8 Å². The van der Waals surface area contributed by atoms with Crippen molar-refractivity contribution in [2.24, 2.45) is 0 Å². The number of benzene rings is 2. The van der Waals surface area contributed by atoms with Gasteiger partial charge in [0.2, 0.25) is 0 Å². The third-order valence-electron chi connectivity index (χ3n) is 5.15. The normalized spacial score (nSPS) is 14.4. The Labute approximate surface area is 159 Å². The van der Waals surface area contributed by atoms with Gasteiger partial charge >= 0.3 is 0 Å². The van der Waals surface area contributed by atoms with Gasteiger partial charge in [-0.05, 0) is 62.9 Å². The molecule has 0 radical (unpaired) electrons. The summed E-state index contributed by atoms with van der Waals surface area (Å²) < 4.78 is 0. The predicted molar refractivity (Wildman–Crippen MR) is 109 cm³/mol. The second-order valence-corrected chi connectivity index (χ2v) is 7.25. The van der Waals surface area contributed by atoms with E-state index in [4.69, 9.17) is 0 Å². The molecule has 0 aliphatic carbocycles. The molecule has 1 aromatic heterocycles. The lowest BCUT2D eigenvalue weighted by Gasteiger charge is -2.28. The summed E-state index contributed by atoms with van der Waals surface area (Å²) in [6.45, 7) is 6.03. The van der Waals surface area contributed by atoms with Crippen molar-refractivity contribution in [1.82, 2.24) is 9.97 Å². The zero-order chi connectivity index (χ0) is 18.8. The monoisotopic (exact) mass is 360 g/mol. The fraction of sp³-hybridized carbons (Fsp3) is 0.318. The Morgan fingerprint density at radius 1 is 1.00 bits per heavy atom. The number of aryl methyl sites for hydroxylation is 2. The molecule has 0 spiro atoms. The SMILES string of the molecule is Cc1ccc(C(=O)Nc2ccc3ncnc(N4CCCCC4)c3c2)c(C)c1. The molecule has 0 saturated carbocycles. The zero-order valence-corrected chi connectivity index (χ0v) is 15.8. The molecule has 1 aliphatic rings. The highest BCUT2D eigenvalue weighted by molar-refractivity contribution is 6.06. The van der Waals surface area contributed by atoms with Crippen LogP contribution in [0.5, 0.6) is 0 Å². The fourth-order valence-corrected chi connectivity index (χ4v) is 3.75. The summed E-state index contributed by atoms with van der Waals surface area (Å²) in [4.78, 5) is 24.0. The highest BCUT2D eigenvalue weighted by Crippen LogP contribution is 2.28. The number of hydrogen-bond acceptors (Lipinski definition) is 4. The van der Waals surface area contributed by atoms with Crippen molar-refractivity contribution in [3.05, 3.63) is 59.4 Å². The Bertz CT molecular complexity index is 993. The molecule has 27 heavy (non-hydrogen) atoms.